The summed E-state index contributed by atoms with van der Waals surface area (Å²) in [4.78, 5) is 4.02. The van der Waals surface area contributed by atoms with Crippen molar-refractivity contribution in [2.45, 2.75) is 12.8 Å². The molecule has 0 saturated carbocycles. The van der Waals surface area contributed by atoms with E-state index in [9.17, 15) is 0 Å². The molecule has 0 bridgehead atoms. The van der Waals surface area contributed by atoms with E-state index in [1.54, 1.807) is 12.1 Å². The summed E-state index contributed by atoms with van der Waals surface area (Å²) in [6.07, 6.45) is 1.51. The van der Waals surface area contributed by atoms with E-state index in [-0.39, 0.29) is 0 Å². The van der Waals surface area contributed by atoms with Crippen molar-refractivity contribution in [2.24, 2.45) is 0 Å². The van der Waals surface area contributed by atoms with E-state index < -0.39 is 0 Å². The smallest absolute Gasteiger partial charge is 0.240 e. The molecular weight excluding hydrogens is 249 g/mol. The van der Waals surface area contributed by atoms with E-state index in [0.29, 0.717) is 22.7 Å². The molecule has 0 aliphatic carbocycles. The minimum Gasteiger partial charge on any atom is -0.419 e. The average Bonchev–Trinajstić information content (AvgIpc) is 2.67. The lowest BCUT2D eigenvalue weighted by Crippen LogP contribution is -1.90. The third kappa shape index (κ3) is 2.46. The van der Waals surface area contributed by atoms with Crippen LogP contribution in [0.25, 0.3) is 0 Å². The van der Waals surface area contributed by atoms with Crippen molar-refractivity contribution in [1.29, 1.82) is 0 Å². The molecule has 2 heterocycles. The number of halogens is 2. The second kappa shape index (κ2) is 4.72. The summed E-state index contributed by atoms with van der Waals surface area (Å²) in [6.45, 7) is 1.89. The average molecular weight is 258 g/mol. The Bertz CT molecular complexity index is 499. The quantitative estimate of drug-likeness (QED) is 0.859. The van der Waals surface area contributed by atoms with Crippen LogP contribution in [0.15, 0.2) is 18.3 Å². The summed E-state index contributed by atoms with van der Waals surface area (Å²) in [5.41, 5.74) is 1.70. The van der Waals surface area contributed by atoms with E-state index in [1.165, 1.54) is 6.20 Å². The van der Waals surface area contributed by atoms with Crippen molar-refractivity contribution in [3.05, 3.63) is 34.6 Å². The molecule has 1 N–H and O–H groups in total. The number of pyridine rings is 1. The molecule has 0 aliphatic rings. The number of aryl methyl sites for hydroxylation is 1. The van der Waals surface area contributed by atoms with Gasteiger partial charge in [0.15, 0.2) is 0 Å². The molecule has 0 unspecified atom stereocenters. The summed E-state index contributed by atoms with van der Waals surface area (Å²) in [5.74, 6) is 1.21. The summed E-state index contributed by atoms with van der Waals surface area (Å²) in [6, 6.07) is 3.47. The van der Waals surface area contributed by atoms with Crippen LogP contribution in [0.4, 0.5) is 0 Å². The number of aromatic nitrogens is 3. The number of aromatic amines is 1. The molecule has 0 saturated heterocycles. The number of nitrogens with one attached hydrogen (secondary N) is 1. The predicted octanol–water partition coefficient (Wildman–Crippen LogP) is 3.30. The number of rotatable bonds is 3. The molecule has 2 aromatic heterocycles. The van der Waals surface area contributed by atoms with Crippen molar-refractivity contribution in [1.82, 2.24) is 15.2 Å². The number of alkyl halides is 1. The van der Waals surface area contributed by atoms with E-state index in [2.05, 4.69) is 15.2 Å². The predicted molar refractivity (Wildman–Crippen MR) is 62.2 cm³/mol. The Morgan fingerprint density at radius 1 is 1.38 bits per heavy atom. The van der Waals surface area contributed by atoms with Gasteiger partial charge in [0.2, 0.25) is 11.8 Å². The Kier molecular flexibility index (Phi) is 3.31. The molecular formula is C10H9Cl2N3O. The maximum atomic E-state index is 5.88. The molecule has 16 heavy (non-hydrogen) atoms. The number of nitrogens with zero attached hydrogens (tertiary/aromatic N) is 2. The first-order valence-electron chi connectivity index (χ1n) is 4.59. The standard InChI is InChI=1S/C10H9Cl2N3O/c1-6-2-10(15-14-6)16-9-3-7(4-11)8(12)5-13-9/h2-3,5H,4H2,1H3,(H,14,15). The van der Waals surface area contributed by atoms with Gasteiger partial charge in [0.1, 0.15) is 0 Å². The van der Waals surface area contributed by atoms with Crippen LogP contribution in [0.5, 0.6) is 11.8 Å². The van der Waals surface area contributed by atoms with Gasteiger partial charge in [0, 0.05) is 29.9 Å². The van der Waals surface area contributed by atoms with Gasteiger partial charge in [-0.3, -0.25) is 5.10 Å². The van der Waals surface area contributed by atoms with Crippen LogP contribution in [-0.2, 0) is 5.88 Å². The highest BCUT2D eigenvalue weighted by Crippen LogP contribution is 2.24. The monoisotopic (exact) mass is 257 g/mol. The normalized spacial score (nSPS) is 10.4. The van der Waals surface area contributed by atoms with Crippen LogP contribution in [-0.4, -0.2) is 15.2 Å². The van der Waals surface area contributed by atoms with Gasteiger partial charge in [-0.1, -0.05) is 11.6 Å². The lowest BCUT2D eigenvalue weighted by atomic mass is 10.3. The maximum absolute atomic E-state index is 5.88. The van der Waals surface area contributed by atoms with Gasteiger partial charge >= 0.3 is 0 Å². The van der Waals surface area contributed by atoms with Crippen molar-refractivity contribution in [3.8, 4) is 11.8 Å². The molecule has 0 spiro atoms. The molecule has 0 radical (unpaired) electrons. The second-order valence-electron chi connectivity index (χ2n) is 3.24. The molecule has 0 fully saturated rings. The van der Waals surface area contributed by atoms with Crippen molar-refractivity contribution >= 4 is 23.2 Å². The molecule has 0 aromatic carbocycles. The molecule has 0 aliphatic heterocycles. The largest absolute Gasteiger partial charge is 0.419 e. The Morgan fingerprint density at radius 2 is 2.19 bits per heavy atom. The van der Waals surface area contributed by atoms with Crippen LogP contribution in [0.1, 0.15) is 11.3 Å². The van der Waals surface area contributed by atoms with Crippen LogP contribution in [0.2, 0.25) is 5.02 Å². The zero-order valence-electron chi connectivity index (χ0n) is 8.50. The Hall–Kier alpha value is -1.26. The molecule has 6 heteroatoms. The summed E-state index contributed by atoms with van der Waals surface area (Å²) in [5, 5.41) is 7.24. The summed E-state index contributed by atoms with van der Waals surface area (Å²) >= 11 is 11.6. The first-order chi connectivity index (χ1) is 7.69. The first kappa shape index (κ1) is 11.2. The molecule has 4 nitrogen and oxygen atoms in total. The minimum atomic E-state index is 0.317. The van der Waals surface area contributed by atoms with Crippen LogP contribution < -0.4 is 4.74 Å². The SMILES string of the molecule is Cc1cc(Oc2cc(CCl)c(Cl)cn2)n[nH]1. The molecule has 2 aromatic rings. The molecule has 84 valence electrons. The maximum Gasteiger partial charge on any atom is 0.240 e. The Morgan fingerprint density at radius 3 is 2.81 bits per heavy atom. The van der Waals surface area contributed by atoms with Crippen molar-refractivity contribution < 1.29 is 4.74 Å². The van der Waals surface area contributed by atoms with Gasteiger partial charge in [-0.05, 0) is 12.5 Å². The highest BCUT2D eigenvalue weighted by molar-refractivity contribution is 6.32. The molecule has 2 rings (SSSR count). The van der Waals surface area contributed by atoms with Gasteiger partial charge in [0.05, 0.1) is 5.02 Å². The fourth-order valence-electron chi connectivity index (χ4n) is 1.17. The lowest BCUT2D eigenvalue weighted by Gasteiger charge is -2.03. The second-order valence-corrected chi connectivity index (χ2v) is 3.91. The topological polar surface area (TPSA) is 50.8 Å². The fraction of sp³-hybridized carbons (Fsp3) is 0.200. The van der Waals surface area contributed by atoms with Gasteiger partial charge in [0.25, 0.3) is 0 Å². The van der Waals surface area contributed by atoms with E-state index >= 15 is 0 Å². The minimum absolute atomic E-state index is 0.317. The lowest BCUT2D eigenvalue weighted by molar-refractivity contribution is 0.443. The number of hydrogen-bond acceptors (Lipinski definition) is 3. The van der Waals surface area contributed by atoms with E-state index in [1.807, 2.05) is 6.92 Å². The molecule has 0 amide bonds. The van der Waals surface area contributed by atoms with Gasteiger partial charge in [-0.2, -0.15) is 0 Å². The van der Waals surface area contributed by atoms with Crippen molar-refractivity contribution in [2.75, 3.05) is 0 Å². The highest BCUT2D eigenvalue weighted by Gasteiger charge is 2.06. The van der Waals surface area contributed by atoms with Crippen LogP contribution in [0.3, 0.4) is 0 Å². The third-order valence-corrected chi connectivity index (χ3v) is 2.57. The van der Waals surface area contributed by atoms with E-state index in [4.69, 9.17) is 27.9 Å². The Labute approximate surface area is 103 Å². The summed E-state index contributed by atoms with van der Waals surface area (Å²) in [7, 11) is 0. The van der Waals surface area contributed by atoms with Gasteiger partial charge < -0.3 is 4.74 Å². The number of hydrogen-bond donors (Lipinski definition) is 1. The third-order valence-electron chi connectivity index (χ3n) is 1.95. The summed E-state index contributed by atoms with van der Waals surface area (Å²) < 4.78 is 5.43. The zero-order chi connectivity index (χ0) is 11.5. The van der Waals surface area contributed by atoms with Crippen LogP contribution >= 0.6 is 23.2 Å². The zero-order valence-corrected chi connectivity index (χ0v) is 10.0. The number of H-pyrrole nitrogens is 1. The number of ether oxygens (including phenoxy) is 1. The Balaban J connectivity index is 2.21. The van der Waals surface area contributed by atoms with Gasteiger partial charge in [-0.25, -0.2) is 4.98 Å². The van der Waals surface area contributed by atoms with E-state index in [0.717, 1.165) is 11.3 Å². The molecule has 0 atom stereocenters. The van der Waals surface area contributed by atoms with Crippen molar-refractivity contribution in [3.63, 3.8) is 0 Å². The van der Waals surface area contributed by atoms with Gasteiger partial charge in [-0.15, -0.1) is 16.7 Å². The highest BCUT2D eigenvalue weighted by atomic mass is 35.5. The fourth-order valence-corrected chi connectivity index (χ4v) is 1.63. The first-order valence-corrected chi connectivity index (χ1v) is 5.50. The van der Waals surface area contributed by atoms with Crippen LogP contribution in [0, 0.1) is 6.92 Å².